The van der Waals surface area contributed by atoms with E-state index in [2.05, 4.69) is 15.9 Å². The second-order valence-corrected chi connectivity index (χ2v) is 4.39. The summed E-state index contributed by atoms with van der Waals surface area (Å²) in [4.78, 5) is 10.1. The third kappa shape index (κ3) is 3.61. The van der Waals surface area contributed by atoms with E-state index in [9.17, 15) is 24.0 Å². The van der Waals surface area contributed by atoms with Crippen molar-refractivity contribution >= 4 is 21.6 Å². The molecule has 18 heavy (non-hydrogen) atoms. The molecule has 8 heteroatoms. The summed E-state index contributed by atoms with van der Waals surface area (Å²) < 4.78 is 29.3. The predicted octanol–water partition coefficient (Wildman–Crippen LogP) is 3.05. The van der Waals surface area contributed by atoms with Crippen LogP contribution in [-0.4, -0.2) is 23.1 Å². The van der Waals surface area contributed by atoms with Crippen LogP contribution in [0.1, 0.15) is 18.6 Å². The minimum Gasteiger partial charge on any atom is -0.480 e. The van der Waals surface area contributed by atoms with Crippen molar-refractivity contribution in [3.63, 3.8) is 0 Å². The smallest absolute Gasteiger partial charge is 0.312 e. The molecule has 0 spiro atoms. The van der Waals surface area contributed by atoms with Crippen LogP contribution in [-0.2, 0) is 0 Å². The Morgan fingerprint density at radius 1 is 1.56 bits per heavy atom. The Kier molecular flexibility index (Phi) is 4.97. The van der Waals surface area contributed by atoms with Crippen molar-refractivity contribution in [2.45, 2.75) is 19.5 Å². The second kappa shape index (κ2) is 6.05. The minimum atomic E-state index is -2.75. The molecule has 0 bridgehead atoms. The van der Waals surface area contributed by atoms with Gasteiger partial charge in [-0.3, -0.25) is 10.1 Å². The number of ether oxygens (including phenoxy) is 1. The molecule has 1 aromatic rings. The molecule has 0 saturated carbocycles. The van der Waals surface area contributed by atoms with Crippen LogP contribution in [0.5, 0.6) is 5.75 Å². The monoisotopic (exact) mass is 325 g/mol. The standard InChI is InChI=1S/C10H10BrF2NO4/c1-5(15)7-2-6(11)3-8(14(16)17)10(7)18-4-9(12)13/h2-3,5,9,15H,4H2,1H3/t5-/m0/s1. The molecule has 0 radical (unpaired) electrons. The highest BCUT2D eigenvalue weighted by molar-refractivity contribution is 9.10. The Bertz CT molecular complexity index is 454. The van der Waals surface area contributed by atoms with E-state index >= 15 is 0 Å². The molecule has 0 unspecified atom stereocenters. The molecule has 1 aromatic carbocycles. The Balaban J connectivity index is 3.27. The zero-order valence-corrected chi connectivity index (χ0v) is 10.9. The molecule has 0 aliphatic carbocycles. The van der Waals surface area contributed by atoms with E-state index in [4.69, 9.17) is 4.74 Å². The second-order valence-electron chi connectivity index (χ2n) is 3.48. The van der Waals surface area contributed by atoms with Gasteiger partial charge in [0.15, 0.2) is 0 Å². The van der Waals surface area contributed by atoms with Crippen LogP contribution in [0.25, 0.3) is 0 Å². The Labute approximate surface area is 110 Å². The lowest BCUT2D eigenvalue weighted by molar-refractivity contribution is -0.386. The van der Waals surface area contributed by atoms with Crippen LogP contribution < -0.4 is 4.74 Å². The van der Waals surface area contributed by atoms with Crippen LogP contribution >= 0.6 is 15.9 Å². The van der Waals surface area contributed by atoms with Crippen LogP contribution in [0.3, 0.4) is 0 Å². The lowest BCUT2D eigenvalue weighted by Crippen LogP contribution is -2.11. The maximum Gasteiger partial charge on any atom is 0.312 e. The molecule has 1 rings (SSSR count). The zero-order valence-electron chi connectivity index (χ0n) is 9.27. The first-order valence-corrected chi connectivity index (χ1v) is 5.69. The van der Waals surface area contributed by atoms with Gasteiger partial charge in [-0.2, -0.15) is 0 Å². The van der Waals surface area contributed by atoms with Crippen LogP contribution in [0, 0.1) is 10.1 Å². The number of halogens is 3. The fourth-order valence-electron chi connectivity index (χ4n) is 1.35. The van der Waals surface area contributed by atoms with Gasteiger partial charge in [0.2, 0.25) is 5.75 Å². The average molecular weight is 326 g/mol. The summed E-state index contributed by atoms with van der Waals surface area (Å²) in [5, 5.41) is 20.3. The van der Waals surface area contributed by atoms with E-state index in [-0.39, 0.29) is 11.3 Å². The van der Waals surface area contributed by atoms with Gasteiger partial charge in [0.1, 0.15) is 6.61 Å². The summed E-state index contributed by atoms with van der Waals surface area (Å²) in [6, 6.07) is 2.52. The molecule has 0 amide bonds. The van der Waals surface area contributed by atoms with E-state index in [0.717, 1.165) is 6.07 Å². The third-order valence-corrected chi connectivity index (χ3v) is 2.52. The van der Waals surface area contributed by atoms with Crippen molar-refractivity contribution in [2.75, 3.05) is 6.61 Å². The summed E-state index contributed by atoms with van der Waals surface area (Å²) in [6.45, 7) is 0.392. The van der Waals surface area contributed by atoms with E-state index in [1.54, 1.807) is 0 Å². The number of rotatable bonds is 5. The quantitative estimate of drug-likeness (QED) is 0.667. The number of benzene rings is 1. The van der Waals surface area contributed by atoms with Gasteiger partial charge in [-0.1, -0.05) is 15.9 Å². The highest BCUT2D eigenvalue weighted by Gasteiger charge is 2.24. The number of nitrogens with zero attached hydrogens (tertiary/aromatic N) is 1. The van der Waals surface area contributed by atoms with Crippen molar-refractivity contribution < 1.29 is 23.5 Å². The molecule has 1 atom stereocenters. The Morgan fingerprint density at radius 2 is 2.17 bits per heavy atom. The fraction of sp³-hybridized carbons (Fsp3) is 0.400. The SMILES string of the molecule is C[C@H](O)c1cc(Br)cc([N+](=O)[O-])c1OCC(F)F. The topological polar surface area (TPSA) is 72.6 Å². The van der Waals surface area contributed by atoms with Gasteiger partial charge >= 0.3 is 5.69 Å². The van der Waals surface area contributed by atoms with Crippen LogP contribution in [0.2, 0.25) is 0 Å². The number of aliphatic hydroxyl groups excluding tert-OH is 1. The molecule has 5 nitrogen and oxygen atoms in total. The van der Waals surface area contributed by atoms with Gasteiger partial charge in [0, 0.05) is 16.1 Å². The lowest BCUT2D eigenvalue weighted by atomic mass is 10.1. The first-order chi connectivity index (χ1) is 8.32. The Morgan fingerprint density at radius 3 is 2.61 bits per heavy atom. The van der Waals surface area contributed by atoms with Gasteiger partial charge in [-0.05, 0) is 13.0 Å². The summed E-state index contributed by atoms with van der Waals surface area (Å²) in [5.74, 6) is -0.335. The number of nitro groups is 1. The van der Waals surface area contributed by atoms with Crippen LogP contribution in [0.15, 0.2) is 16.6 Å². The summed E-state index contributed by atoms with van der Waals surface area (Å²) >= 11 is 3.04. The molecular weight excluding hydrogens is 316 g/mol. The van der Waals surface area contributed by atoms with Gasteiger partial charge in [0.05, 0.1) is 11.0 Å². The molecular formula is C10H10BrF2NO4. The van der Waals surface area contributed by atoms with Crippen molar-refractivity contribution in [3.8, 4) is 5.75 Å². The molecule has 0 aliphatic rings. The zero-order chi connectivity index (χ0) is 13.9. The molecule has 0 heterocycles. The number of hydrogen-bond acceptors (Lipinski definition) is 4. The third-order valence-electron chi connectivity index (χ3n) is 2.06. The molecule has 0 aromatic heterocycles. The maximum absolute atomic E-state index is 12.1. The summed E-state index contributed by atoms with van der Waals surface area (Å²) in [5.41, 5.74) is -0.391. The summed E-state index contributed by atoms with van der Waals surface area (Å²) in [6.07, 6.45) is -3.83. The predicted molar refractivity (Wildman–Crippen MR) is 62.9 cm³/mol. The summed E-state index contributed by atoms with van der Waals surface area (Å²) in [7, 11) is 0. The molecule has 1 N–H and O–H groups in total. The number of nitro benzene ring substituents is 1. The highest BCUT2D eigenvalue weighted by Crippen LogP contribution is 2.37. The molecule has 0 fully saturated rings. The lowest BCUT2D eigenvalue weighted by Gasteiger charge is -2.13. The first-order valence-electron chi connectivity index (χ1n) is 4.89. The average Bonchev–Trinajstić information content (AvgIpc) is 2.25. The van der Waals surface area contributed by atoms with E-state index in [1.165, 1.54) is 13.0 Å². The van der Waals surface area contributed by atoms with Crippen molar-refractivity contribution in [2.24, 2.45) is 0 Å². The number of alkyl halides is 2. The van der Waals surface area contributed by atoms with E-state index < -0.39 is 29.7 Å². The van der Waals surface area contributed by atoms with Gasteiger partial charge in [-0.25, -0.2) is 8.78 Å². The molecule has 0 saturated heterocycles. The fourth-order valence-corrected chi connectivity index (χ4v) is 1.81. The van der Waals surface area contributed by atoms with E-state index in [0.29, 0.717) is 4.47 Å². The number of hydrogen-bond donors (Lipinski definition) is 1. The van der Waals surface area contributed by atoms with Crippen LogP contribution in [0.4, 0.5) is 14.5 Å². The van der Waals surface area contributed by atoms with Gasteiger partial charge < -0.3 is 9.84 Å². The largest absolute Gasteiger partial charge is 0.480 e. The van der Waals surface area contributed by atoms with E-state index in [1.807, 2.05) is 0 Å². The van der Waals surface area contributed by atoms with Gasteiger partial charge in [-0.15, -0.1) is 0 Å². The molecule has 100 valence electrons. The highest BCUT2D eigenvalue weighted by atomic mass is 79.9. The Hall–Kier alpha value is -1.28. The van der Waals surface area contributed by atoms with Crippen molar-refractivity contribution in [3.05, 3.63) is 32.3 Å². The van der Waals surface area contributed by atoms with Crippen molar-refractivity contribution in [1.82, 2.24) is 0 Å². The number of aliphatic hydroxyl groups is 1. The van der Waals surface area contributed by atoms with Crippen molar-refractivity contribution in [1.29, 1.82) is 0 Å². The first kappa shape index (κ1) is 14.8. The normalized spacial score (nSPS) is 12.6. The molecule has 0 aliphatic heterocycles. The minimum absolute atomic E-state index is 0.0803. The maximum atomic E-state index is 12.1. The van der Waals surface area contributed by atoms with Gasteiger partial charge in [0.25, 0.3) is 6.43 Å².